The minimum absolute atomic E-state index is 0.342. The monoisotopic (exact) mass is 352 g/mol. The number of carboxylic acid groups (broad SMARTS) is 1. The molecule has 0 atom stereocenters. The minimum Gasteiger partial charge on any atom is -0.481 e. The molecule has 1 N–H and O–H groups in total. The Bertz CT molecular complexity index is 296. The number of unbranched alkanes of at least 4 members (excludes halogenated alkanes) is 16. The number of carboxylic acids is 1. The first-order chi connectivity index (χ1) is 12.3. The van der Waals surface area contributed by atoms with Crippen LogP contribution in [0.15, 0.2) is 12.2 Å². The molecule has 0 fully saturated rings. The smallest absolute Gasteiger partial charge is 0.303 e. The fraction of sp³-hybridized carbons (Fsp3) is 0.870. The zero-order chi connectivity index (χ0) is 18.4. The minimum atomic E-state index is -0.654. The zero-order valence-electron chi connectivity index (χ0n) is 16.9. The van der Waals surface area contributed by atoms with Crippen molar-refractivity contribution in [2.24, 2.45) is 0 Å². The van der Waals surface area contributed by atoms with Gasteiger partial charge in [0.1, 0.15) is 0 Å². The van der Waals surface area contributed by atoms with Crippen LogP contribution >= 0.6 is 0 Å². The van der Waals surface area contributed by atoms with Gasteiger partial charge in [0.2, 0.25) is 0 Å². The van der Waals surface area contributed by atoms with Gasteiger partial charge in [-0.05, 0) is 32.1 Å². The molecule has 0 unspecified atom stereocenters. The van der Waals surface area contributed by atoms with E-state index in [-0.39, 0.29) is 0 Å². The van der Waals surface area contributed by atoms with Crippen molar-refractivity contribution in [3.8, 4) is 0 Å². The van der Waals surface area contributed by atoms with Crippen molar-refractivity contribution >= 4 is 5.97 Å². The van der Waals surface area contributed by atoms with Crippen molar-refractivity contribution < 1.29 is 9.90 Å². The molecule has 0 aromatic heterocycles. The molecular formula is C23H44O2. The molecule has 0 aliphatic carbocycles. The number of rotatable bonds is 20. The molecule has 25 heavy (non-hydrogen) atoms. The van der Waals surface area contributed by atoms with Crippen molar-refractivity contribution in [1.29, 1.82) is 0 Å². The molecule has 0 heterocycles. The van der Waals surface area contributed by atoms with Crippen LogP contribution in [0.1, 0.15) is 129 Å². The molecule has 0 amide bonds. The van der Waals surface area contributed by atoms with Crippen molar-refractivity contribution in [3.05, 3.63) is 12.2 Å². The zero-order valence-corrected chi connectivity index (χ0v) is 16.9. The van der Waals surface area contributed by atoms with Crippen LogP contribution < -0.4 is 0 Å². The van der Waals surface area contributed by atoms with E-state index in [0.29, 0.717) is 6.42 Å². The summed E-state index contributed by atoms with van der Waals surface area (Å²) in [4.78, 5) is 10.4. The number of carbonyl (C=O) groups is 1. The van der Waals surface area contributed by atoms with E-state index in [9.17, 15) is 4.79 Å². The third-order valence-electron chi connectivity index (χ3n) is 4.90. The van der Waals surface area contributed by atoms with Gasteiger partial charge < -0.3 is 5.11 Å². The Morgan fingerprint density at radius 3 is 1.36 bits per heavy atom. The van der Waals surface area contributed by atoms with Gasteiger partial charge in [-0.3, -0.25) is 4.79 Å². The Hall–Kier alpha value is -0.790. The summed E-state index contributed by atoms with van der Waals surface area (Å²) < 4.78 is 0. The van der Waals surface area contributed by atoms with Crippen molar-refractivity contribution in [2.75, 3.05) is 0 Å². The predicted octanol–water partition coefficient (Wildman–Crippen LogP) is 8.06. The molecule has 0 rings (SSSR count). The second-order valence-corrected chi connectivity index (χ2v) is 7.50. The molecule has 2 nitrogen and oxygen atoms in total. The number of aliphatic carboxylic acids is 1. The van der Waals surface area contributed by atoms with E-state index in [1.165, 1.54) is 103 Å². The van der Waals surface area contributed by atoms with E-state index in [2.05, 4.69) is 19.1 Å². The van der Waals surface area contributed by atoms with Gasteiger partial charge in [-0.25, -0.2) is 0 Å². The molecule has 2 heteroatoms. The maximum absolute atomic E-state index is 10.4. The second-order valence-electron chi connectivity index (χ2n) is 7.50. The SMILES string of the molecule is CCCCCCC=CCCCCCCCCCCCCCCC(=O)O. The molecule has 0 saturated heterocycles. The Kier molecular flexibility index (Phi) is 20.6. The van der Waals surface area contributed by atoms with Gasteiger partial charge in [-0.15, -0.1) is 0 Å². The Labute approximate surface area is 157 Å². The quantitative estimate of drug-likeness (QED) is 0.178. The molecule has 0 spiro atoms. The fourth-order valence-corrected chi connectivity index (χ4v) is 3.23. The van der Waals surface area contributed by atoms with E-state index in [1.54, 1.807) is 0 Å². The maximum atomic E-state index is 10.4. The van der Waals surface area contributed by atoms with Crippen molar-refractivity contribution in [2.45, 2.75) is 129 Å². The summed E-state index contributed by atoms with van der Waals surface area (Å²) in [5.41, 5.74) is 0. The predicted molar refractivity (Wildman–Crippen MR) is 110 cm³/mol. The van der Waals surface area contributed by atoms with Crippen molar-refractivity contribution in [1.82, 2.24) is 0 Å². The lowest BCUT2D eigenvalue weighted by atomic mass is 10.0. The summed E-state index contributed by atoms with van der Waals surface area (Å²) >= 11 is 0. The first kappa shape index (κ1) is 24.2. The summed E-state index contributed by atoms with van der Waals surface area (Å²) in [6.45, 7) is 2.27. The standard InChI is InChI=1S/C23H44O2/c1-2-3-4-5-6-7-8-9-10-11-12-13-14-15-16-17-18-19-20-21-22-23(24)25/h7-8H,2-6,9-22H2,1H3,(H,24,25). The average Bonchev–Trinajstić information content (AvgIpc) is 2.60. The van der Waals surface area contributed by atoms with Crippen LogP contribution in [0.25, 0.3) is 0 Å². The highest BCUT2D eigenvalue weighted by Crippen LogP contribution is 2.13. The molecular weight excluding hydrogens is 308 g/mol. The van der Waals surface area contributed by atoms with E-state index in [1.807, 2.05) is 0 Å². The second kappa shape index (κ2) is 21.3. The summed E-state index contributed by atoms with van der Waals surface area (Å²) in [7, 11) is 0. The van der Waals surface area contributed by atoms with Gasteiger partial charge >= 0.3 is 5.97 Å². The highest BCUT2D eigenvalue weighted by Gasteiger charge is 1.97. The largest absolute Gasteiger partial charge is 0.481 e. The molecule has 148 valence electrons. The number of hydrogen-bond acceptors (Lipinski definition) is 1. The molecule has 0 aromatic rings. The van der Waals surface area contributed by atoms with E-state index < -0.39 is 5.97 Å². The van der Waals surface area contributed by atoms with Gasteiger partial charge in [0.05, 0.1) is 0 Å². The van der Waals surface area contributed by atoms with Gasteiger partial charge in [-0.1, -0.05) is 103 Å². The van der Waals surface area contributed by atoms with Crippen LogP contribution in [0, 0.1) is 0 Å². The highest BCUT2D eigenvalue weighted by atomic mass is 16.4. The van der Waals surface area contributed by atoms with E-state index >= 15 is 0 Å². The van der Waals surface area contributed by atoms with Gasteiger partial charge in [0.25, 0.3) is 0 Å². The molecule has 0 aliphatic rings. The lowest BCUT2D eigenvalue weighted by molar-refractivity contribution is -0.137. The summed E-state index contributed by atoms with van der Waals surface area (Å²) in [5.74, 6) is -0.654. The Morgan fingerprint density at radius 2 is 0.960 bits per heavy atom. The van der Waals surface area contributed by atoms with Crippen LogP contribution in [0.4, 0.5) is 0 Å². The molecule has 0 saturated carbocycles. The van der Waals surface area contributed by atoms with Crippen LogP contribution in [0.5, 0.6) is 0 Å². The third kappa shape index (κ3) is 23.2. The van der Waals surface area contributed by atoms with E-state index in [0.717, 1.165) is 12.8 Å². The van der Waals surface area contributed by atoms with Crippen LogP contribution in [-0.4, -0.2) is 11.1 Å². The first-order valence-corrected chi connectivity index (χ1v) is 11.1. The van der Waals surface area contributed by atoms with Crippen LogP contribution in [0.3, 0.4) is 0 Å². The lowest BCUT2D eigenvalue weighted by Gasteiger charge is -2.02. The summed E-state index contributed by atoms with van der Waals surface area (Å²) in [6.07, 6.45) is 28.6. The van der Waals surface area contributed by atoms with E-state index in [4.69, 9.17) is 5.11 Å². The van der Waals surface area contributed by atoms with Gasteiger partial charge in [0, 0.05) is 6.42 Å². The Balaban J connectivity index is 3.05. The van der Waals surface area contributed by atoms with Gasteiger partial charge in [0.15, 0.2) is 0 Å². The molecule has 0 aromatic carbocycles. The average molecular weight is 353 g/mol. The topological polar surface area (TPSA) is 37.3 Å². The van der Waals surface area contributed by atoms with Crippen LogP contribution in [0.2, 0.25) is 0 Å². The van der Waals surface area contributed by atoms with Gasteiger partial charge in [-0.2, -0.15) is 0 Å². The molecule has 0 aliphatic heterocycles. The summed E-state index contributed by atoms with van der Waals surface area (Å²) in [5, 5.41) is 8.56. The lowest BCUT2D eigenvalue weighted by Crippen LogP contribution is -1.93. The van der Waals surface area contributed by atoms with Crippen LogP contribution in [-0.2, 0) is 4.79 Å². The third-order valence-corrected chi connectivity index (χ3v) is 4.90. The summed E-state index contributed by atoms with van der Waals surface area (Å²) in [6, 6.07) is 0. The molecule has 0 bridgehead atoms. The normalized spacial score (nSPS) is 11.4. The Morgan fingerprint density at radius 1 is 0.600 bits per heavy atom. The highest BCUT2D eigenvalue weighted by molar-refractivity contribution is 5.66. The first-order valence-electron chi connectivity index (χ1n) is 11.1. The molecule has 0 radical (unpaired) electrons. The fourth-order valence-electron chi connectivity index (χ4n) is 3.23. The maximum Gasteiger partial charge on any atom is 0.303 e. The number of allylic oxidation sites excluding steroid dienone is 2. The number of hydrogen-bond donors (Lipinski definition) is 1. The van der Waals surface area contributed by atoms with Crippen molar-refractivity contribution in [3.63, 3.8) is 0 Å².